The molecule has 1 aliphatic heterocycles. The standard InChI is InChI=1S/C23H27N7O2/c1-15-4-5-20(15)29-11-17(9-26-29)22-21-6-7-24-30(21)13-19(27-22)16-8-25-28(10-16)12-18-14-31-23(2,3)32-18/h6-11,13,15,18,20H,4-5,12,14H2,1-3H3/t15-,18+,20+/m0/s1. The Balaban J connectivity index is 1.31. The number of aromatic nitrogens is 7. The molecule has 166 valence electrons. The van der Waals surface area contributed by atoms with Gasteiger partial charge in [-0.1, -0.05) is 6.92 Å². The first-order valence-electron chi connectivity index (χ1n) is 11.2. The van der Waals surface area contributed by atoms with E-state index in [1.807, 2.05) is 53.9 Å². The zero-order valence-electron chi connectivity index (χ0n) is 18.5. The fourth-order valence-electron chi connectivity index (χ4n) is 4.62. The van der Waals surface area contributed by atoms with E-state index in [4.69, 9.17) is 14.5 Å². The summed E-state index contributed by atoms with van der Waals surface area (Å²) in [5.74, 6) is 0.131. The number of fused-ring (bicyclic) bond motifs is 1. The van der Waals surface area contributed by atoms with Gasteiger partial charge in [-0.3, -0.25) is 9.36 Å². The summed E-state index contributed by atoms with van der Waals surface area (Å²) in [5.41, 5.74) is 4.59. The van der Waals surface area contributed by atoms with Gasteiger partial charge in [-0.15, -0.1) is 0 Å². The molecule has 0 unspecified atom stereocenters. The average Bonchev–Trinajstić information content (AvgIpc) is 3.53. The third-order valence-corrected chi connectivity index (χ3v) is 6.57. The second-order valence-electron chi connectivity index (χ2n) is 9.37. The molecule has 3 atom stereocenters. The minimum Gasteiger partial charge on any atom is -0.348 e. The summed E-state index contributed by atoms with van der Waals surface area (Å²) in [4.78, 5) is 4.99. The van der Waals surface area contributed by atoms with Gasteiger partial charge in [-0.2, -0.15) is 15.3 Å². The van der Waals surface area contributed by atoms with Crippen molar-refractivity contribution in [3.8, 4) is 22.5 Å². The Morgan fingerprint density at radius 2 is 1.94 bits per heavy atom. The first-order valence-corrected chi connectivity index (χ1v) is 11.2. The zero-order valence-corrected chi connectivity index (χ0v) is 18.5. The second kappa shape index (κ2) is 7.25. The fourth-order valence-corrected chi connectivity index (χ4v) is 4.62. The lowest BCUT2D eigenvalue weighted by molar-refractivity contribution is -0.139. The molecule has 0 amide bonds. The topological polar surface area (TPSA) is 84.3 Å². The third kappa shape index (κ3) is 3.41. The normalized spacial score (nSPS) is 24.8. The van der Waals surface area contributed by atoms with Gasteiger partial charge in [0.25, 0.3) is 0 Å². The molecule has 9 heteroatoms. The van der Waals surface area contributed by atoms with Crippen LogP contribution >= 0.6 is 0 Å². The first kappa shape index (κ1) is 19.6. The summed E-state index contributed by atoms with van der Waals surface area (Å²) in [6.45, 7) is 7.34. The van der Waals surface area contributed by atoms with E-state index in [1.165, 1.54) is 12.8 Å². The van der Waals surface area contributed by atoms with Crippen LogP contribution < -0.4 is 0 Å². The van der Waals surface area contributed by atoms with Crippen LogP contribution in [0.4, 0.5) is 0 Å². The van der Waals surface area contributed by atoms with E-state index in [0.717, 1.165) is 28.0 Å². The van der Waals surface area contributed by atoms with E-state index in [1.54, 1.807) is 6.20 Å². The van der Waals surface area contributed by atoms with Crippen LogP contribution in [0.2, 0.25) is 0 Å². The molecular formula is C23H27N7O2. The molecule has 1 saturated carbocycles. The van der Waals surface area contributed by atoms with Gasteiger partial charge in [0, 0.05) is 23.5 Å². The number of nitrogens with zero attached hydrogens (tertiary/aromatic N) is 7. The molecule has 0 radical (unpaired) electrons. The summed E-state index contributed by atoms with van der Waals surface area (Å²) in [5, 5.41) is 13.6. The predicted molar refractivity (Wildman–Crippen MR) is 118 cm³/mol. The third-order valence-electron chi connectivity index (χ3n) is 6.57. The highest BCUT2D eigenvalue weighted by atomic mass is 16.7. The molecule has 4 aromatic rings. The maximum Gasteiger partial charge on any atom is 0.163 e. The smallest absolute Gasteiger partial charge is 0.163 e. The van der Waals surface area contributed by atoms with Crippen LogP contribution in [0.3, 0.4) is 0 Å². The molecule has 9 nitrogen and oxygen atoms in total. The molecule has 0 N–H and O–H groups in total. The molecule has 5 heterocycles. The molecule has 1 saturated heterocycles. The van der Waals surface area contributed by atoms with E-state index in [0.29, 0.717) is 25.1 Å². The van der Waals surface area contributed by atoms with Gasteiger partial charge in [0.05, 0.1) is 60.9 Å². The van der Waals surface area contributed by atoms with Crippen molar-refractivity contribution in [2.24, 2.45) is 5.92 Å². The van der Waals surface area contributed by atoms with Gasteiger partial charge in [-0.25, -0.2) is 9.50 Å². The largest absolute Gasteiger partial charge is 0.348 e. The van der Waals surface area contributed by atoms with E-state index >= 15 is 0 Å². The van der Waals surface area contributed by atoms with Crippen LogP contribution in [0.1, 0.15) is 39.7 Å². The molecule has 0 bridgehead atoms. The Kier molecular flexibility index (Phi) is 4.44. The highest BCUT2D eigenvalue weighted by molar-refractivity contribution is 5.78. The Labute approximate surface area is 186 Å². The lowest BCUT2D eigenvalue weighted by Gasteiger charge is -2.33. The number of ether oxygens (including phenoxy) is 2. The summed E-state index contributed by atoms with van der Waals surface area (Å²) in [6, 6.07) is 2.47. The van der Waals surface area contributed by atoms with Crippen molar-refractivity contribution in [1.82, 2.24) is 34.2 Å². The second-order valence-corrected chi connectivity index (χ2v) is 9.37. The molecular weight excluding hydrogens is 406 g/mol. The van der Waals surface area contributed by atoms with E-state index < -0.39 is 5.79 Å². The van der Waals surface area contributed by atoms with Gasteiger partial charge >= 0.3 is 0 Å². The highest BCUT2D eigenvalue weighted by Crippen LogP contribution is 2.38. The van der Waals surface area contributed by atoms with Crippen molar-refractivity contribution in [2.45, 2.75) is 58.1 Å². The predicted octanol–water partition coefficient (Wildman–Crippen LogP) is 3.58. The van der Waals surface area contributed by atoms with Crippen LogP contribution in [0.5, 0.6) is 0 Å². The Morgan fingerprint density at radius 1 is 1.06 bits per heavy atom. The van der Waals surface area contributed by atoms with Gasteiger partial charge in [0.1, 0.15) is 6.10 Å². The van der Waals surface area contributed by atoms with Crippen LogP contribution in [-0.4, -0.2) is 52.7 Å². The zero-order chi connectivity index (χ0) is 21.9. The summed E-state index contributed by atoms with van der Waals surface area (Å²) >= 11 is 0. The number of hydrogen-bond acceptors (Lipinski definition) is 6. The van der Waals surface area contributed by atoms with E-state index in [9.17, 15) is 0 Å². The average molecular weight is 434 g/mol. The number of hydrogen-bond donors (Lipinski definition) is 0. The summed E-state index contributed by atoms with van der Waals surface area (Å²) < 4.78 is 17.4. The molecule has 1 aliphatic carbocycles. The molecule has 2 aliphatic rings. The van der Waals surface area contributed by atoms with Crippen molar-refractivity contribution in [3.05, 3.63) is 43.2 Å². The molecule has 2 fully saturated rings. The minimum atomic E-state index is -0.538. The molecule has 4 aromatic heterocycles. The first-order chi connectivity index (χ1) is 15.4. The maximum atomic E-state index is 5.91. The van der Waals surface area contributed by atoms with Gasteiger partial charge in [0.15, 0.2) is 5.79 Å². The molecule has 32 heavy (non-hydrogen) atoms. The van der Waals surface area contributed by atoms with Crippen molar-refractivity contribution in [1.29, 1.82) is 0 Å². The van der Waals surface area contributed by atoms with Crippen LogP contribution in [0, 0.1) is 5.92 Å². The van der Waals surface area contributed by atoms with E-state index in [-0.39, 0.29) is 6.10 Å². The van der Waals surface area contributed by atoms with E-state index in [2.05, 4.69) is 33.1 Å². The molecule has 0 aromatic carbocycles. The highest BCUT2D eigenvalue weighted by Gasteiger charge is 2.33. The quantitative estimate of drug-likeness (QED) is 0.478. The molecule has 0 spiro atoms. The molecule has 6 rings (SSSR count). The Bertz CT molecular complexity index is 1270. The minimum absolute atomic E-state index is 0.0189. The number of rotatable bonds is 5. The van der Waals surface area contributed by atoms with Crippen molar-refractivity contribution in [2.75, 3.05) is 6.61 Å². The van der Waals surface area contributed by atoms with Gasteiger partial charge in [0.2, 0.25) is 0 Å². The summed E-state index contributed by atoms with van der Waals surface area (Å²) in [7, 11) is 0. The maximum absolute atomic E-state index is 5.91. The van der Waals surface area contributed by atoms with Crippen molar-refractivity contribution in [3.63, 3.8) is 0 Å². The lowest BCUT2D eigenvalue weighted by Crippen LogP contribution is -2.26. The SMILES string of the molecule is C[C@H]1CC[C@H]1n1cc(-c2nc(-c3cnn(C[C@@H]4COC(C)(C)O4)c3)cn3nccc23)cn1. The van der Waals surface area contributed by atoms with Gasteiger partial charge in [-0.05, 0) is 38.7 Å². The Morgan fingerprint density at radius 3 is 2.69 bits per heavy atom. The van der Waals surface area contributed by atoms with Gasteiger partial charge < -0.3 is 9.47 Å². The summed E-state index contributed by atoms with van der Waals surface area (Å²) in [6.07, 6.45) is 14.0. The lowest BCUT2D eigenvalue weighted by atomic mass is 9.81. The van der Waals surface area contributed by atoms with Crippen molar-refractivity contribution < 1.29 is 9.47 Å². The van der Waals surface area contributed by atoms with Crippen LogP contribution in [-0.2, 0) is 16.0 Å². The van der Waals surface area contributed by atoms with Crippen LogP contribution in [0.15, 0.2) is 43.2 Å². The monoisotopic (exact) mass is 433 g/mol. The van der Waals surface area contributed by atoms with Crippen molar-refractivity contribution >= 4 is 5.52 Å². The van der Waals surface area contributed by atoms with Crippen LogP contribution in [0.25, 0.3) is 28.0 Å². The fraction of sp³-hybridized carbons (Fsp3) is 0.478. The Hall–Kier alpha value is -3.04.